The van der Waals surface area contributed by atoms with Gasteiger partial charge in [-0.15, -0.1) is 0 Å². The smallest absolute Gasteiger partial charge is 0.339 e. The highest BCUT2D eigenvalue weighted by Crippen LogP contribution is 2.15. The number of esters is 2. The fourth-order valence-corrected chi connectivity index (χ4v) is 4.70. The number of ether oxygens (including phenoxy) is 2. The van der Waals surface area contributed by atoms with Crippen LogP contribution in [0.15, 0.2) is 24.3 Å². The van der Waals surface area contributed by atoms with Crippen LogP contribution >= 0.6 is 0 Å². The molecule has 38 heavy (non-hydrogen) atoms. The average molecular weight is 555 g/mol. The first-order valence-corrected chi connectivity index (χ1v) is 16.3. The van der Waals surface area contributed by atoms with E-state index in [2.05, 4.69) is 6.92 Å². The predicted octanol–water partition coefficient (Wildman–Crippen LogP) is 7.93. The number of benzene rings is 1. The molecule has 1 aromatic carbocycles. The predicted molar refractivity (Wildman–Crippen MR) is 152 cm³/mol. The second-order valence-corrected chi connectivity index (χ2v) is 11.7. The van der Waals surface area contributed by atoms with Crippen LogP contribution < -0.4 is 0 Å². The summed E-state index contributed by atoms with van der Waals surface area (Å²) < 4.78 is 40.4. The van der Waals surface area contributed by atoms with Crippen LogP contribution in [-0.2, 0) is 19.6 Å². The normalized spacial score (nSPS) is 11.4. The highest BCUT2D eigenvalue weighted by atomic mass is 32.2. The van der Waals surface area contributed by atoms with Crippen LogP contribution in [0, 0.1) is 0 Å². The van der Waals surface area contributed by atoms with Crippen molar-refractivity contribution in [2.24, 2.45) is 0 Å². The van der Waals surface area contributed by atoms with E-state index < -0.39 is 34.4 Å². The Morgan fingerprint density at radius 3 is 1.32 bits per heavy atom. The number of hydrogen-bond donors (Lipinski definition) is 1. The molecule has 0 atom stereocenters. The molecule has 0 spiro atoms. The minimum Gasteiger partial charge on any atom is -0.462 e. The lowest BCUT2D eigenvalue weighted by Gasteiger charge is -2.09. The van der Waals surface area contributed by atoms with E-state index in [0.29, 0.717) is 0 Å². The lowest BCUT2D eigenvalue weighted by Crippen LogP contribution is -2.18. The zero-order chi connectivity index (χ0) is 27.9. The van der Waals surface area contributed by atoms with Crippen LogP contribution in [0.25, 0.3) is 0 Å². The summed E-state index contributed by atoms with van der Waals surface area (Å²) >= 11 is 0. The molecule has 0 unspecified atom stereocenters. The van der Waals surface area contributed by atoms with E-state index in [-0.39, 0.29) is 17.7 Å². The number of carbonyl (C=O) groups excluding carboxylic acids is 2. The fraction of sp³-hybridized carbons (Fsp3) is 0.733. The average Bonchev–Trinajstić information content (AvgIpc) is 2.89. The van der Waals surface area contributed by atoms with Gasteiger partial charge in [-0.05, 0) is 18.6 Å². The van der Waals surface area contributed by atoms with Gasteiger partial charge in [0.15, 0.2) is 0 Å². The Bertz CT molecular complexity index is 867. The number of carbonyl (C=O) groups is 2. The van der Waals surface area contributed by atoms with Crippen molar-refractivity contribution in [3.63, 3.8) is 0 Å². The summed E-state index contributed by atoms with van der Waals surface area (Å²) in [7, 11) is -4.23. The van der Waals surface area contributed by atoms with Crippen molar-refractivity contribution in [2.45, 2.75) is 122 Å². The lowest BCUT2D eigenvalue weighted by atomic mass is 10.0. The summed E-state index contributed by atoms with van der Waals surface area (Å²) in [5.41, 5.74) is 0.0809. The quantitative estimate of drug-likeness (QED) is 0.0785. The van der Waals surface area contributed by atoms with E-state index in [0.717, 1.165) is 19.3 Å². The summed E-state index contributed by atoms with van der Waals surface area (Å²) in [5.74, 6) is -2.15. The summed E-state index contributed by atoms with van der Waals surface area (Å²) in [4.78, 5) is 24.6. The van der Waals surface area contributed by atoms with Gasteiger partial charge in [0.05, 0.1) is 17.7 Å². The van der Waals surface area contributed by atoms with E-state index in [4.69, 9.17) is 14.0 Å². The van der Waals surface area contributed by atoms with E-state index in [1.54, 1.807) is 12.1 Å². The van der Waals surface area contributed by atoms with Gasteiger partial charge in [-0.1, -0.05) is 128 Å². The molecule has 0 aliphatic carbocycles. The van der Waals surface area contributed by atoms with Gasteiger partial charge >= 0.3 is 11.9 Å². The van der Waals surface area contributed by atoms with Crippen LogP contribution in [-0.4, -0.2) is 43.9 Å². The number of hydrogen-bond acceptors (Lipinski definition) is 6. The maximum absolute atomic E-state index is 12.4. The van der Waals surface area contributed by atoms with Crippen LogP contribution in [0.3, 0.4) is 0 Å². The van der Waals surface area contributed by atoms with Gasteiger partial charge in [-0.2, -0.15) is 8.42 Å². The van der Waals surface area contributed by atoms with E-state index in [1.807, 2.05) is 0 Å². The minimum absolute atomic E-state index is 0.00522. The molecule has 218 valence electrons. The standard InChI is InChI=1S/C30H50O7S/c1-2-3-4-5-6-7-8-9-10-11-12-13-14-15-16-17-18-21-24-36-29(31)27-22-19-20-23-28(27)30(32)37-25-26-38(33,34)35/h19-20,22-23H,2-18,21,24-26H2,1H3,(H,33,34,35). The molecule has 8 heteroatoms. The maximum Gasteiger partial charge on any atom is 0.339 e. The molecule has 0 aromatic heterocycles. The molecular formula is C30H50O7S. The molecule has 0 aliphatic heterocycles. The Kier molecular flexibility index (Phi) is 19.7. The Morgan fingerprint density at radius 2 is 0.947 bits per heavy atom. The highest BCUT2D eigenvalue weighted by molar-refractivity contribution is 7.85. The van der Waals surface area contributed by atoms with E-state index in [1.165, 1.54) is 108 Å². The molecule has 0 aliphatic rings. The van der Waals surface area contributed by atoms with Crippen LogP contribution in [0.1, 0.15) is 143 Å². The van der Waals surface area contributed by atoms with E-state index in [9.17, 15) is 18.0 Å². The SMILES string of the molecule is CCCCCCCCCCCCCCCCCCCCOC(=O)c1ccccc1C(=O)OCCS(=O)(=O)O. The number of unbranched alkanes of at least 4 members (excludes halogenated alkanes) is 17. The number of rotatable bonds is 24. The molecule has 7 nitrogen and oxygen atoms in total. The zero-order valence-electron chi connectivity index (χ0n) is 23.5. The first-order valence-electron chi connectivity index (χ1n) is 14.7. The van der Waals surface area contributed by atoms with Crippen molar-refractivity contribution in [2.75, 3.05) is 19.0 Å². The third kappa shape index (κ3) is 18.3. The van der Waals surface area contributed by atoms with Gasteiger partial charge in [0, 0.05) is 0 Å². The molecular weight excluding hydrogens is 504 g/mol. The Balaban J connectivity index is 2.02. The van der Waals surface area contributed by atoms with Crippen LogP contribution in [0.4, 0.5) is 0 Å². The molecule has 0 saturated heterocycles. The fourth-order valence-electron chi connectivity index (χ4n) is 4.40. The van der Waals surface area contributed by atoms with Crippen molar-refractivity contribution in [3.8, 4) is 0 Å². The molecule has 0 heterocycles. The first kappa shape index (κ1) is 34.1. The Labute approximate surface area is 230 Å². The van der Waals surface area contributed by atoms with Crippen molar-refractivity contribution in [1.82, 2.24) is 0 Å². The largest absolute Gasteiger partial charge is 0.462 e. The molecule has 0 bridgehead atoms. The van der Waals surface area contributed by atoms with Crippen LogP contribution in [0.2, 0.25) is 0 Å². The van der Waals surface area contributed by atoms with Crippen molar-refractivity contribution < 1.29 is 32.0 Å². The summed E-state index contributed by atoms with van der Waals surface area (Å²) in [5, 5.41) is 0. The van der Waals surface area contributed by atoms with E-state index >= 15 is 0 Å². The van der Waals surface area contributed by atoms with Crippen molar-refractivity contribution in [1.29, 1.82) is 0 Å². The summed E-state index contributed by atoms with van der Waals surface area (Å²) in [6.07, 6.45) is 23.2. The third-order valence-corrected chi connectivity index (χ3v) is 7.35. The summed E-state index contributed by atoms with van der Waals surface area (Å²) in [6.45, 7) is 2.05. The van der Waals surface area contributed by atoms with Gasteiger partial charge in [-0.3, -0.25) is 4.55 Å². The topological polar surface area (TPSA) is 107 Å². The molecule has 0 amide bonds. The van der Waals surface area contributed by atoms with Gasteiger partial charge < -0.3 is 9.47 Å². The maximum atomic E-state index is 12.4. The molecule has 0 fully saturated rings. The summed E-state index contributed by atoms with van der Waals surface area (Å²) in [6, 6.07) is 6.08. The monoisotopic (exact) mass is 554 g/mol. The molecule has 1 aromatic rings. The van der Waals surface area contributed by atoms with Gasteiger partial charge in [-0.25, -0.2) is 9.59 Å². The Morgan fingerprint density at radius 1 is 0.605 bits per heavy atom. The van der Waals surface area contributed by atoms with Crippen LogP contribution in [0.5, 0.6) is 0 Å². The highest BCUT2D eigenvalue weighted by Gasteiger charge is 2.19. The molecule has 1 rings (SSSR count). The zero-order valence-corrected chi connectivity index (χ0v) is 24.3. The minimum atomic E-state index is -4.23. The first-order chi connectivity index (χ1) is 18.3. The molecule has 0 radical (unpaired) electrons. The van der Waals surface area contributed by atoms with Crippen molar-refractivity contribution >= 4 is 22.1 Å². The Hall–Kier alpha value is -1.93. The lowest BCUT2D eigenvalue weighted by molar-refractivity contribution is 0.0463. The third-order valence-electron chi connectivity index (χ3n) is 6.67. The second-order valence-electron chi connectivity index (χ2n) is 10.1. The van der Waals surface area contributed by atoms with Crippen molar-refractivity contribution in [3.05, 3.63) is 35.4 Å². The van der Waals surface area contributed by atoms with Gasteiger partial charge in [0.25, 0.3) is 10.1 Å². The molecule has 1 N–H and O–H groups in total. The molecule has 0 saturated carbocycles. The van der Waals surface area contributed by atoms with Gasteiger partial charge in [0.1, 0.15) is 12.4 Å². The van der Waals surface area contributed by atoms with Gasteiger partial charge in [0.2, 0.25) is 0 Å². The second kappa shape index (κ2) is 21.9.